The number of carbonyl (C=O) groups excluding carboxylic acids is 3. The maximum atomic E-state index is 13.3. The van der Waals surface area contributed by atoms with Gasteiger partial charge < -0.3 is 43.6 Å². The molecule has 0 aliphatic carbocycles. The van der Waals surface area contributed by atoms with Crippen LogP contribution in [0.25, 0.3) is 0 Å². The third-order valence-electron chi connectivity index (χ3n) is 7.25. The molecule has 6 atom stereocenters. The number of nitrogens with one attached hydrogen (secondary N) is 1. The second-order valence-electron chi connectivity index (χ2n) is 11.2. The summed E-state index contributed by atoms with van der Waals surface area (Å²) in [4.78, 5) is 44.2. The summed E-state index contributed by atoms with van der Waals surface area (Å²) in [5.74, 6) is -1.49. The minimum Gasteiger partial charge on any atom is -0.461 e. The zero-order chi connectivity index (χ0) is 31.5. The van der Waals surface area contributed by atoms with Crippen molar-refractivity contribution in [2.24, 2.45) is 0 Å². The van der Waals surface area contributed by atoms with Crippen LogP contribution in [0.15, 0.2) is 24.9 Å². The monoisotopic (exact) mass is 599 g/mol. The van der Waals surface area contributed by atoms with E-state index in [0.717, 1.165) is 4.90 Å². The minimum absolute atomic E-state index is 0.393. The van der Waals surface area contributed by atoms with Crippen LogP contribution in [-0.4, -0.2) is 118 Å². The summed E-state index contributed by atoms with van der Waals surface area (Å²) in [7, 11) is 4.09. The van der Waals surface area contributed by atoms with Crippen molar-refractivity contribution in [2.75, 3.05) is 27.9 Å². The highest BCUT2D eigenvalue weighted by atomic mass is 16.7. The molecule has 2 aliphatic rings. The fourth-order valence-corrected chi connectivity index (χ4v) is 3.74. The Balaban J connectivity index is 1.99. The molecule has 3 rings (SSSR count). The van der Waals surface area contributed by atoms with E-state index in [4.69, 9.17) is 33.2 Å². The molecule has 0 aromatic carbocycles. The van der Waals surface area contributed by atoms with Crippen LogP contribution in [0, 0.1) is 0 Å². The van der Waals surface area contributed by atoms with Gasteiger partial charge in [0.15, 0.2) is 29.8 Å². The van der Waals surface area contributed by atoms with E-state index in [-0.39, 0.29) is 0 Å². The number of esters is 2. The van der Waals surface area contributed by atoms with E-state index in [1.807, 2.05) is 0 Å². The van der Waals surface area contributed by atoms with Gasteiger partial charge in [-0.1, -0.05) is 0 Å². The Bertz CT molecular complexity index is 1120. The first-order chi connectivity index (χ1) is 19.6. The van der Waals surface area contributed by atoms with Gasteiger partial charge in [-0.05, 0) is 47.6 Å². The molecule has 1 fully saturated rings. The zero-order valence-corrected chi connectivity index (χ0v) is 25.3. The Labute approximate surface area is 244 Å². The Morgan fingerprint density at radius 3 is 2.24 bits per heavy atom. The molecule has 0 radical (unpaired) electrons. The molecule has 236 valence electrons. The molecule has 0 bridgehead atoms. The molecule has 42 heavy (non-hydrogen) atoms. The van der Waals surface area contributed by atoms with E-state index in [1.54, 1.807) is 19.9 Å². The predicted molar refractivity (Wildman–Crippen MR) is 142 cm³/mol. The van der Waals surface area contributed by atoms with Crippen LogP contribution >= 0.6 is 0 Å². The number of nitrogens with zero attached hydrogens (tertiary/aromatic N) is 4. The number of aliphatic hydroxyl groups excluding tert-OH is 1. The predicted octanol–water partition coefficient (Wildman–Crippen LogP) is 0.474. The van der Waals surface area contributed by atoms with E-state index in [2.05, 4.69) is 15.4 Å². The number of aliphatic hydroxyl groups is 1. The number of methoxy groups -OCH3 is 3. The van der Waals surface area contributed by atoms with Crippen LogP contribution in [-0.2, 0) is 42.7 Å². The largest absolute Gasteiger partial charge is 0.461 e. The summed E-state index contributed by atoms with van der Waals surface area (Å²) in [6, 6.07) is -0.621. The molecule has 1 aromatic rings. The highest BCUT2D eigenvalue weighted by molar-refractivity contribution is 5.80. The molecule has 2 amide bonds. The van der Waals surface area contributed by atoms with Crippen LogP contribution < -0.4 is 5.32 Å². The van der Waals surface area contributed by atoms with Gasteiger partial charge in [0.1, 0.15) is 43.2 Å². The molecule has 2 unspecified atom stereocenters. The molecule has 0 spiro atoms. The molecule has 16 nitrogen and oxygen atoms in total. The molecule has 1 aromatic heterocycles. The first-order valence-corrected chi connectivity index (χ1v) is 13.2. The van der Waals surface area contributed by atoms with Crippen LogP contribution in [0.3, 0.4) is 0 Å². The Hall–Kier alpha value is -3.15. The van der Waals surface area contributed by atoms with Gasteiger partial charge in [-0.25, -0.2) is 24.0 Å². The topological polar surface area (TPSA) is 182 Å². The maximum Gasteiger partial charge on any atom is 0.338 e. The second kappa shape index (κ2) is 13.0. The first-order valence-electron chi connectivity index (χ1n) is 13.2. The Morgan fingerprint density at radius 1 is 1.05 bits per heavy atom. The molecule has 2 N–H and O–H groups in total. The number of urea groups is 1. The van der Waals surface area contributed by atoms with Gasteiger partial charge in [-0.3, -0.25) is 4.90 Å². The number of aromatic nitrogens is 3. The lowest BCUT2D eigenvalue weighted by Crippen LogP contribution is -2.55. The molecule has 0 saturated carbocycles. The summed E-state index contributed by atoms with van der Waals surface area (Å²) in [6.07, 6.45) is -1.36. The van der Waals surface area contributed by atoms with Gasteiger partial charge in [0.25, 0.3) is 0 Å². The van der Waals surface area contributed by atoms with Crippen LogP contribution in [0.5, 0.6) is 0 Å². The summed E-state index contributed by atoms with van der Waals surface area (Å²) < 4.78 is 40.7. The number of amides is 2. The van der Waals surface area contributed by atoms with E-state index in [9.17, 15) is 19.5 Å². The maximum absolute atomic E-state index is 13.3. The van der Waals surface area contributed by atoms with Crippen molar-refractivity contribution in [3.63, 3.8) is 0 Å². The van der Waals surface area contributed by atoms with Crippen LogP contribution in [0.1, 0.15) is 47.7 Å². The van der Waals surface area contributed by atoms with E-state index in [1.165, 1.54) is 72.6 Å². The number of hydrogen-bond donors (Lipinski definition) is 2. The number of hydrogen-bond acceptors (Lipinski definition) is 13. The molecule has 3 heterocycles. The van der Waals surface area contributed by atoms with Crippen molar-refractivity contribution >= 4 is 18.0 Å². The summed E-state index contributed by atoms with van der Waals surface area (Å²) in [5, 5.41) is 17.7. The SMILES string of the molecule is COC(C)(C)C(=O)OC[C@H]1O[C@@H](N2C=CC(n3cncn3)NC2=O)[C@H](OC(=O)C(C)(C)OC)[C@@H]1OC(O)C(C)(C)OC. The Kier molecular flexibility index (Phi) is 10.3. The van der Waals surface area contributed by atoms with Crippen LogP contribution in [0.2, 0.25) is 0 Å². The average Bonchev–Trinajstić information content (AvgIpc) is 3.60. The van der Waals surface area contributed by atoms with Gasteiger partial charge in [0.2, 0.25) is 0 Å². The Morgan fingerprint density at radius 2 is 1.69 bits per heavy atom. The average molecular weight is 600 g/mol. The highest BCUT2D eigenvalue weighted by Gasteiger charge is 2.55. The van der Waals surface area contributed by atoms with Crippen molar-refractivity contribution in [2.45, 2.75) is 95.3 Å². The fraction of sp³-hybridized carbons (Fsp3) is 0.731. The lowest BCUT2D eigenvalue weighted by molar-refractivity contribution is -0.249. The van der Waals surface area contributed by atoms with Gasteiger partial charge in [0, 0.05) is 27.5 Å². The normalized spacial score (nSPS) is 25.7. The smallest absolute Gasteiger partial charge is 0.338 e. The van der Waals surface area contributed by atoms with Crippen molar-refractivity contribution in [1.82, 2.24) is 25.0 Å². The molecule has 2 aliphatic heterocycles. The van der Waals surface area contributed by atoms with E-state index >= 15 is 0 Å². The second-order valence-corrected chi connectivity index (χ2v) is 11.2. The van der Waals surface area contributed by atoms with Gasteiger partial charge in [0.05, 0.1) is 0 Å². The van der Waals surface area contributed by atoms with Gasteiger partial charge in [-0.15, -0.1) is 0 Å². The summed E-state index contributed by atoms with van der Waals surface area (Å²) in [5.41, 5.74) is -3.86. The lowest BCUT2D eigenvalue weighted by Gasteiger charge is -2.36. The third kappa shape index (κ3) is 7.25. The fourth-order valence-electron chi connectivity index (χ4n) is 3.74. The summed E-state index contributed by atoms with van der Waals surface area (Å²) in [6.45, 7) is 8.83. The third-order valence-corrected chi connectivity index (χ3v) is 7.25. The van der Waals surface area contributed by atoms with E-state index < -0.39 is 78.4 Å². The lowest BCUT2D eigenvalue weighted by atomic mass is 10.1. The van der Waals surface area contributed by atoms with Gasteiger partial charge >= 0.3 is 18.0 Å². The van der Waals surface area contributed by atoms with Crippen LogP contribution in [0.4, 0.5) is 4.79 Å². The van der Waals surface area contributed by atoms with Crippen molar-refractivity contribution in [3.8, 4) is 0 Å². The zero-order valence-electron chi connectivity index (χ0n) is 25.3. The van der Waals surface area contributed by atoms with Crippen molar-refractivity contribution in [3.05, 3.63) is 24.9 Å². The summed E-state index contributed by atoms with van der Waals surface area (Å²) >= 11 is 0. The van der Waals surface area contributed by atoms with Crippen molar-refractivity contribution in [1.29, 1.82) is 0 Å². The molecular weight excluding hydrogens is 558 g/mol. The quantitative estimate of drug-likeness (QED) is 0.236. The molecule has 1 saturated heterocycles. The molecular formula is C26H41N5O11. The molecule has 16 heteroatoms. The number of rotatable bonds is 13. The van der Waals surface area contributed by atoms with Crippen molar-refractivity contribution < 1.29 is 52.6 Å². The highest BCUT2D eigenvalue weighted by Crippen LogP contribution is 2.34. The van der Waals surface area contributed by atoms with Gasteiger partial charge in [-0.2, -0.15) is 5.10 Å². The number of ether oxygens (including phenoxy) is 7. The standard InChI is InChI=1S/C26H41N5O11/c1-24(2,36-7)20(32)39-12-15-17(41-21(33)25(3,4)37-8)18(42-22(34)26(5,6)38-9)19(40-15)30-11-10-16(29-23(30)35)31-14-27-13-28-31/h10-11,13-19,21,33H,12H2,1-9H3,(H,29,35)/t15-,16?,17-,18-,19-,21?/m1/s1. The minimum atomic E-state index is -1.55. The van der Waals surface area contributed by atoms with E-state index in [0.29, 0.717) is 0 Å². The number of carbonyl (C=O) groups is 3. The first kappa shape index (κ1) is 33.4.